The molecule has 0 bridgehead atoms. The van der Waals surface area contributed by atoms with E-state index in [-0.39, 0.29) is 37.7 Å². The van der Waals surface area contributed by atoms with Gasteiger partial charge in [0.2, 0.25) is 24.0 Å². The number of aliphatic carboxylic acids is 1. The van der Waals surface area contributed by atoms with E-state index < -0.39 is 77.3 Å². The second-order valence-electron chi connectivity index (χ2n) is 13.5. The van der Waals surface area contributed by atoms with Crippen LogP contribution in [-0.4, -0.2) is 93.6 Å². The normalized spacial score (nSPS) is 22.1. The van der Waals surface area contributed by atoms with Gasteiger partial charge in [-0.15, -0.1) is 0 Å². The van der Waals surface area contributed by atoms with Crippen molar-refractivity contribution in [3.8, 4) is 0 Å². The van der Waals surface area contributed by atoms with Gasteiger partial charge in [0.05, 0.1) is 18.2 Å². The molecular weight excluding hydrogens is 596 g/mol. The second kappa shape index (κ2) is 15.7. The summed E-state index contributed by atoms with van der Waals surface area (Å²) >= 11 is 0. The molecule has 2 fully saturated rings. The molecular formula is C33H48N4O9. The first kappa shape index (κ1) is 36.8. The van der Waals surface area contributed by atoms with Crippen LogP contribution in [-0.2, 0) is 39.9 Å². The van der Waals surface area contributed by atoms with Crippen molar-refractivity contribution in [2.24, 2.45) is 17.3 Å². The van der Waals surface area contributed by atoms with Gasteiger partial charge in [0.1, 0.15) is 17.9 Å². The van der Waals surface area contributed by atoms with E-state index in [1.807, 2.05) is 0 Å². The maximum atomic E-state index is 14.1. The number of nitrogens with zero attached hydrogens (tertiary/aromatic N) is 1. The zero-order valence-corrected chi connectivity index (χ0v) is 27.4. The number of amides is 3. The van der Waals surface area contributed by atoms with E-state index in [4.69, 9.17) is 4.74 Å². The fourth-order valence-corrected chi connectivity index (χ4v) is 6.22. The van der Waals surface area contributed by atoms with Gasteiger partial charge in [-0.05, 0) is 37.7 Å². The molecule has 5 N–H and O–H groups in total. The van der Waals surface area contributed by atoms with Crippen molar-refractivity contribution in [1.29, 1.82) is 0 Å². The number of benzene rings is 1. The van der Waals surface area contributed by atoms with Gasteiger partial charge in [-0.25, -0.2) is 4.79 Å². The van der Waals surface area contributed by atoms with Crippen LogP contribution in [0.25, 0.3) is 0 Å². The smallest absolute Gasteiger partial charge is 0.326 e. The lowest BCUT2D eigenvalue weighted by Crippen LogP contribution is -2.61. The van der Waals surface area contributed by atoms with Crippen molar-refractivity contribution in [3.63, 3.8) is 0 Å². The first-order chi connectivity index (χ1) is 21.5. The Morgan fingerprint density at radius 1 is 1.04 bits per heavy atom. The van der Waals surface area contributed by atoms with Gasteiger partial charge in [0.15, 0.2) is 0 Å². The number of carboxylic acids is 1. The Hall–Kier alpha value is -3.68. The predicted molar refractivity (Wildman–Crippen MR) is 167 cm³/mol. The highest BCUT2D eigenvalue weighted by Gasteiger charge is 2.55. The van der Waals surface area contributed by atoms with Gasteiger partial charge in [-0.1, -0.05) is 64.4 Å². The number of nitrogens with one attached hydrogen (secondary N) is 3. The van der Waals surface area contributed by atoms with Crippen LogP contribution in [0.1, 0.15) is 72.8 Å². The highest BCUT2D eigenvalue weighted by molar-refractivity contribution is 6.38. The van der Waals surface area contributed by atoms with E-state index >= 15 is 0 Å². The van der Waals surface area contributed by atoms with Crippen molar-refractivity contribution in [2.75, 3.05) is 6.54 Å². The average molecular weight is 645 g/mol. The van der Waals surface area contributed by atoms with Crippen molar-refractivity contribution < 1.29 is 43.7 Å². The molecule has 3 amide bonds. The third kappa shape index (κ3) is 9.20. The van der Waals surface area contributed by atoms with E-state index in [9.17, 15) is 39.0 Å². The Labute approximate surface area is 269 Å². The molecule has 1 aliphatic heterocycles. The van der Waals surface area contributed by atoms with Gasteiger partial charge < -0.3 is 30.5 Å². The Bertz CT molecular complexity index is 1280. The highest BCUT2D eigenvalue weighted by atomic mass is 16.6. The van der Waals surface area contributed by atoms with Gasteiger partial charge in [-0.3, -0.25) is 29.3 Å². The van der Waals surface area contributed by atoms with Crippen LogP contribution in [0.15, 0.2) is 30.3 Å². The SMILES string of the molecule is CCCC(NC(=O)[C@@H]1[C@H]2CCC(=O)[C@H]2CN1C(=O)[C@@H](NC(O)OC(C)C)C(C)(C)C)C(=O)C(=O)N[C@@H](Cc1ccccc1)C(=O)O. The Morgan fingerprint density at radius 3 is 2.26 bits per heavy atom. The van der Waals surface area contributed by atoms with Crippen molar-refractivity contribution >= 4 is 35.3 Å². The summed E-state index contributed by atoms with van der Waals surface area (Å²) in [5, 5.41) is 27.9. The molecule has 1 aromatic rings. The fraction of sp³-hybridized carbons (Fsp3) is 0.636. The number of carbonyl (C=O) groups is 6. The third-order valence-corrected chi connectivity index (χ3v) is 8.48. The number of aliphatic hydroxyl groups is 1. The Morgan fingerprint density at radius 2 is 1.70 bits per heavy atom. The molecule has 7 atom stereocenters. The molecule has 2 aliphatic rings. The number of hydrogen-bond acceptors (Lipinski definition) is 9. The number of ketones is 2. The van der Waals surface area contributed by atoms with Crippen LogP contribution in [0, 0.1) is 17.3 Å². The zero-order valence-electron chi connectivity index (χ0n) is 27.4. The summed E-state index contributed by atoms with van der Waals surface area (Å²) < 4.78 is 5.39. The molecule has 1 aliphatic carbocycles. The van der Waals surface area contributed by atoms with Crippen LogP contribution < -0.4 is 16.0 Å². The summed E-state index contributed by atoms with van der Waals surface area (Å²) in [7, 11) is 0. The van der Waals surface area contributed by atoms with E-state index in [0.29, 0.717) is 18.4 Å². The molecule has 1 heterocycles. The number of Topliss-reactive ketones (excluding diaryl/α,β-unsaturated/α-hetero) is 2. The van der Waals surface area contributed by atoms with Gasteiger partial charge in [0.25, 0.3) is 5.91 Å². The number of carboxylic acid groups (broad SMARTS) is 1. The number of fused-ring (bicyclic) bond motifs is 1. The predicted octanol–water partition coefficient (Wildman–Crippen LogP) is 1.16. The minimum Gasteiger partial charge on any atom is -0.480 e. The molecule has 254 valence electrons. The number of aliphatic hydroxyl groups excluding tert-OH is 1. The Balaban J connectivity index is 1.82. The number of hydrogen-bond donors (Lipinski definition) is 5. The van der Waals surface area contributed by atoms with Gasteiger partial charge >= 0.3 is 5.97 Å². The molecule has 2 unspecified atom stereocenters. The quantitative estimate of drug-likeness (QED) is 0.137. The van der Waals surface area contributed by atoms with Crippen LogP contribution in [0.4, 0.5) is 0 Å². The monoisotopic (exact) mass is 644 g/mol. The molecule has 1 saturated carbocycles. The number of ether oxygens (including phenoxy) is 1. The summed E-state index contributed by atoms with van der Waals surface area (Å²) in [6.45, 7) is 10.6. The summed E-state index contributed by atoms with van der Waals surface area (Å²) in [6, 6.07) is 3.89. The third-order valence-electron chi connectivity index (χ3n) is 8.48. The van der Waals surface area contributed by atoms with Crippen molar-refractivity contribution in [3.05, 3.63) is 35.9 Å². The van der Waals surface area contributed by atoms with Crippen molar-refractivity contribution in [1.82, 2.24) is 20.9 Å². The Kier molecular flexibility index (Phi) is 12.6. The maximum Gasteiger partial charge on any atom is 0.326 e. The van der Waals surface area contributed by atoms with E-state index in [2.05, 4.69) is 16.0 Å². The van der Waals surface area contributed by atoms with Crippen LogP contribution >= 0.6 is 0 Å². The first-order valence-electron chi connectivity index (χ1n) is 15.9. The maximum absolute atomic E-state index is 14.1. The highest BCUT2D eigenvalue weighted by Crippen LogP contribution is 2.41. The lowest BCUT2D eigenvalue weighted by atomic mass is 9.85. The molecule has 13 heteroatoms. The molecule has 1 aromatic carbocycles. The van der Waals surface area contributed by atoms with Crippen LogP contribution in [0.2, 0.25) is 0 Å². The number of rotatable bonds is 15. The minimum atomic E-state index is -1.47. The first-order valence-corrected chi connectivity index (χ1v) is 15.9. The summed E-state index contributed by atoms with van der Waals surface area (Å²) in [5.74, 6) is -5.76. The molecule has 3 rings (SSSR count). The second-order valence-corrected chi connectivity index (χ2v) is 13.5. The molecule has 0 radical (unpaired) electrons. The molecule has 46 heavy (non-hydrogen) atoms. The lowest BCUT2D eigenvalue weighted by Gasteiger charge is -2.37. The largest absolute Gasteiger partial charge is 0.480 e. The van der Waals surface area contributed by atoms with Crippen molar-refractivity contribution in [2.45, 2.75) is 110 Å². The number of likely N-dealkylation sites (tertiary alicyclic amines) is 1. The summed E-state index contributed by atoms with van der Waals surface area (Å²) in [6.07, 6.45) is -0.701. The molecule has 1 saturated heterocycles. The summed E-state index contributed by atoms with van der Waals surface area (Å²) in [5.41, 5.74) is -0.0838. The minimum absolute atomic E-state index is 0.00245. The van der Waals surface area contributed by atoms with E-state index in [0.717, 1.165) is 0 Å². The van der Waals surface area contributed by atoms with E-state index in [1.165, 1.54) is 4.90 Å². The molecule has 13 nitrogen and oxygen atoms in total. The molecule has 0 spiro atoms. The van der Waals surface area contributed by atoms with E-state index in [1.54, 1.807) is 71.9 Å². The number of carbonyl (C=O) groups excluding carboxylic acids is 5. The molecule has 0 aromatic heterocycles. The lowest BCUT2D eigenvalue weighted by molar-refractivity contribution is -0.165. The van der Waals surface area contributed by atoms with Gasteiger partial charge in [0, 0.05) is 31.2 Å². The van der Waals surface area contributed by atoms with Crippen LogP contribution in [0.5, 0.6) is 0 Å². The standard InChI is InChI=1S/C33H48N4O9/c1-7-11-22(26(39)29(41)35-23(31(43)44)16-19-12-9-8-10-13-19)34-28(40)25-20-14-15-24(38)21(20)17-37(25)30(42)27(33(4,5)6)36-32(45)46-18(2)3/h8-10,12-13,18,20-23,25,27,32,36,45H,7,11,14-17H2,1-6H3,(H,34,40)(H,35,41)(H,43,44)/t20-,21-,22?,23-,25-,27+,32?/m0/s1. The average Bonchev–Trinajstić information content (AvgIpc) is 3.53. The van der Waals surface area contributed by atoms with Crippen LogP contribution in [0.3, 0.4) is 0 Å². The summed E-state index contributed by atoms with van der Waals surface area (Å²) in [4.78, 5) is 80.4. The fourth-order valence-electron chi connectivity index (χ4n) is 6.22. The topological polar surface area (TPSA) is 191 Å². The van der Waals surface area contributed by atoms with Gasteiger partial charge in [-0.2, -0.15) is 0 Å². The zero-order chi connectivity index (χ0) is 34.3.